The molecule has 1 aliphatic heterocycles. The van der Waals surface area contributed by atoms with Gasteiger partial charge in [-0.25, -0.2) is 17.5 Å². The van der Waals surface area contributed by atoms with Gasteiger partial charge in [-0.3, -0.25) is 4.90 Å². The van der Waals surface area contributed by atoms with Crippen LogP contribution in [-0.2, 0) is 17.1 Å². The zero-order chi connectivity index (χ0) is 25.7. The number of sulfonamides is 1. The summed E-state index contributed by atoms with van der Waals surface area (Å²) in [4.78, 5) is 3.72. The Balaban J connectivity index is 1.37. The monoisotopic (exact) mass is 523 g/mol. The predicted molar refractivity (Wildman–Crippen MR) is 137 cm³/mol. The minimum absolute atomic E-state index is 0.0195. The summed E-state index contributed by atoms with van der Waals surface area (Å²) < 4.78 is 43.6. The maximum atomic E-state index is 13.5. The lowest BCUT2D eigenvalue weighted by Crippen LogP contribution is -2.52. The molecule has 2 aromatic carbocycles. The first-order valence-corrected chi connectivity index (χ1v) is 14.1. The molecule has 9 nitrogen and oxygen atoms in total. The second-order valence-electron chi connectivity index (χ2n) is 10.1. The van der Waals surface area contributed by atoms with Gasteiger partial charge in [-0.1, -0.05) is 6.42 Å². The van der Waals surface area contributed by atoms with Crippen molar-refractivity contribution in [3.8, 4) is 5.69 Å². The van der Waals surface area contributed by atoms with Gasteiger partial charge in [0.25, 0.3) is 10.0 Å². The molecule has 194 valence electrons. The number of hydrogen-bond donors (Lipinski definition) is 0. The van der Waals surface area contributed by atoms with Crippen LogP contribution in [0.5, 0.6) is 0 Å². The van der Waals surface area contributed by atoms with E-state index in [4.69, 9.17) is 0 Å². The van der Waals surface area contributed by atoms with Crippen LogP contribution in [0.25, 0.3) is 16.6 Å². The lowest BCUT2D eigenvalue weighted by atomic mass is 9.84. The normalized spacial score (nSPS) is 19.9. The van der Waals surface area contributed by atoms with E-state index in [2.05, 4.69) is 39.3 Å². The van der Waals surface area contributed by atoms with Gasteiger partial charge in [0, 0.05) is 44.7 Å². The lowest BCUT2D eigenvalue weighted by Gasteiger charge is -2.44. The number of benzene rings is 2. The largest absolute Gasteiger partial charge is 0.293 e. The second-order valence-corrected chi connectivity index (χ2v) is 12.0. The molecule has 2 aromatic heterocycles. The molecule has 3 heterocycles. The molecular formula is C26H30FN7O2S. The fraction of sp³-hybridized carbons (Fsp3) is 0.423. The summed E-state index contributed by atoms with van der Waals surface area (Å²) in [7, 11) is -2.14. The summed E-state index contributed by atoms with van der Waals surface area (Å²) in [6, 6.07) is 10.4. The van der Waals surface area contributed by atoms with Crippen molar-refractivity contribution in [1.82, 2.24) is 34.0 Å². The SMILES string of the molecule is Cc1cc2c(cnn2-c2ccc(F)cc2)cc1[C@@H]1CN(S(=O)(=O)c2cnn(C)n2)CCN1CC1CCC1. The molecule has 0 bridgehead atoms. The Hall–Kier alpha value is -3.15. The molecule has 2 aliphatic rings. The summed E-state index contributed by atoms with van der Waals surface area (Å²) in [5.74, 6) is 0.374. The van der Waals surface area contributed by atoms with Gasteiger partial charge in [0.15, 0.2) is 0 Å². The van der Waals surface area contributed by atoms with Gasteiger partial charge in [-0.05, 0) is 73.2 Å². The van der Waals surface area contributed by atoms with Crippen molar-refractivity contribution in [3.05, 3.63) is 65.7 Å². The van der Waals surface area contributed by atoms with Crippen LogP contribution in [0.15, 0.2) is 53.8 Å². The first-order chi connectivity index (χ1) is 17.8. The Morgan fingerprint density at radius 1 is 1.05 bits per heavy atom. The van der Waals surface area contributed by atoms with Crippen molar-refractivity contribution in [1.29, 1.82) is 0 Å². The number of halogens is 1. The first-order valence-electron chi connectivity index (χ1n) is 12.6. The maximum absolute atomic E-state index is 13.5. The smallest absolute Gasteiger partial charge is 0.264 e. The lowest BCUT2D eigenvalue weighted by molar-refractivity contribution is 0.0806. The average Bonchev–Trinajstić information content (AvgIpc) is 3.48. The summed E-state index contributed by atoms with van der Waals surface area (Å²) in [6.45, 7) is 4.47. The highest BCUT2D eigenvalue weighted by Crippen LogP contribution is 2.36. The van der Waals surface area contributed by atoms with Crippen molar-refractivity contribution in [2.24, 2.45) is 13.0 Å². The molecule has 0 amide bonds. The maximum Gasteiger partial charge on any atom is 0.264 e. The van der Waals surface area contributed by atoms with E-state index in [1.807, 2.05) is 10.9 Å². The third kappa shape index (κ3) is 4.45. The third-order valence-electron chi connectivity index (χ3n) is 7.74. The molecule has 1 aliphatic carbocycles. The van der Waals surface area contributed by atoms with Crippen LogP contribution in [0.4, 0.5) is 4.39 Å². The van der Waals surface area contributed by atoms with Gasteiger partial charge in [-0.2, -0.15) is 19.3 Å². The molecule has 1 saturated heterocycles. The van der Waals surface area contributed by atoms with Gasteiger partial charge >= 0.3 is 0 Å². The topological polar surface area (TPSA) is 89.2 Å². The Kier molecular flexibility index (Phi) is 6.09. The van der Waals surface area contributed by atoms with E-state index in [-0.39, 0.29) is 16.9 Å². The molecule has 0 spiro atoms. The molecule has 0 radical (unpaired) electrons. The van der Waals surface area contributed by atoms with E-state index in [0.717, 1.165) is 34.3 Å². The van der Waals surface area contributed by atoms with Crippen molar-refractivity contribution < 1.29 is 12.8 Å². The molecule has 4 aromatic rings. The van der Waals surface area contributed by atoms with Gasteiger partial charge < -0.3 is 0 Å². The molecular weight excluding hydrogens is 493 g/mol. The van der Waals surface area contributed by atoms with E-state index in [1.165, 1.54) is 42.4 Å². The molecule has 11 heteroatoms. The second kappa shape index (κ2) is 9.30. The molecule has 0 N–H and O–H groups in total. The summed E-state index contributed by atoms with van der Waals surface area (Å²) >= 11 is 0. The minimum atomic E-state index is -3.75. The average molecular weight is 524 g/mol. The first kappa shape index (κ1) is 24.2. The number of fused-ring (bicyclic) bond motifs is 1. The van der Waals surface area contributed by atoms with Crippen LogP contribution in [0.1, 0.15) is 36.4 Å². The summed E-state index contributed by atoms with van der Waals surface area (Å²) in [5.41, 5.74) is 3.88. The molecule has 1 saturated carbocycles. The third-order valence-corrected chi connectivity index (χ3v) is 9.47. The number of nitrogens with zero attached hydrogens (tertiary/aromatic N) is 7. The highest BCUT2D eigenvalue weighted by atomic mass is 32.2. The van der Waals surface area contributed by atoms with E-state index >= 15 is 0 Å². The highest BCUT2D eigenvalue weighted by molar-refractivity contribution is 7.89. The van der Waals surface area contributed by atoms with Gasteiger partial charge in [0.2, 0.25) is 5.03 Å². The number of aromatic nitrogens is 5. The predicted octanol–water partition coefficient (Wildman–Crippen LogP) is 3.45. The fourth-order valence-corrected chi connectivity index (χ4v) is 6.78. The van der Waals surface area contributed by atoms with E-state index in [0.29, 0.717) is 25.6 Å². The van der Waals surface area contributed by atoms with Crippen LogP contribution in [0.2, 0.25) is 0 Å². The van der Waals surface area contributed by atoms with Crippen molar-refractivity contribution in [2.75, 3.05) is 26.2 Å². The Morgan fingerprint density at radius 3 is 2.51 bits per heavy atom. The zero-order valence-corrected chi connectivity index (χ0v) is 21.8. The Morgan fingerprint density at radius 2 is 1.84 bits per heavy atom. The number of hydrogen-bond acceptors (Lipinski definition) is 6. The molecule has 6 rings (SSSR count). The molecule has 0 unspecified atom stereocenters. The molecule has 37 heavy (non-hydrogen) atoms. The minimum Gasteiger partial charge on any atom is -0.293 e. The number of piperazine rings is 1. The summed E-state index contributed by atoms with van der Waals surface area (Å²) in [6.07, 6.45) is 6.85. The quantitative estimate of drug-likeness (QED) is 0.385. The van der Waals surface area contributed by atoms with Crippen molar-refractivity contribution in [2.45, 2.75) is 37.3 Å². The van der Waals surface area contributed by atoms with Crippen LogP contribution in [0, 0.1) is 18.7 Å². The number of aryl methyl sites for hydroxylation is 2. The van der Waals surface area contributed by atoms with Gasteiger partial charge in [-0.15, -0.1) is 5.10 Å². The van der Waals surface area contributed by atoms with Crippen molar-refractivity contribution in [3.63, 3.8) is 0 Å². The molecule has 2 fully saturated rings. The van der Waals surface area contributed by atoms with Crippen molar-refractivity contribution >= 4 is 20.9 Å². The van der Waals surface area contributed by atoms with E-state index < -0.39 is 10.0 Å². The van der Waals surface area contributed by atoms with E-state index in [1.54, 1.807) is 23.5 Å². The Bertz CT molecular complexity index is 1540. The van der Waals surface area contributed by atoms with Crippen LogP contribution in [0.3, 0.4) is 0 Å². The van der Waals surface area contributed by atoms with Crippen LogP contribution < -0.4 is 0 Å². The molecule has 1 atom stereocenters. The van der Waals surface area contributed by atoms with E-state index in [9.17, 15) is 12.8 Å². The Labute approximate surface area is 215 Å². The number of rotatable bonds is 6. The van der Waals surface area contributed by atoms with Gasteiger partial charge in [0.05, 0.1) is 23.6 Å². The fourth-order valence-electron chi connectivity index (χ4n) is 5.46. The zero-order valence-electron chi connectivity index (χ0n) is 21.0. The highest BCUT2D eigenvalue weighted by Gasteiger charge is 2.38. The van der Waals surface area contributed by atoms with Crippen LogP contribution >= 0.6 is 0 Å². The summed E-state index contributed by atoms with van der Waals surface area (Å²) in [5, 5.41) is 13.5. The van der Waals surface area contributed by atoms with Gasteiger partial charge in [0.1, 0.15) is 5.82 Å². The standard InChI is InChI=1S/C26H30FN7O2S/c1-18-12-24-20(14-29-34(24)22-8-6-21(27)7-9-22)13-23(18)25-17-33(11-10-32(25)16-19-4-3-5-19)37(35,36)26-15-28-31(2)30-26/h6-9,12-15,19,25H,3-5,10-11,16-17H2,1-2H3/t25-/m0/s1. The van der Waals surface area contributed by atoms with Crippen LogP contribution in [-0.4, -0.2) is 68.6 Å².